The molecule has 0 aliphatic heterocycles. The summed E-state index contributed by atoms with van der Waals surface area (Å²) in [5.74, 6) is 0.311. The summed E-state index contributed by atoms with van der Waals surface area (Å²) in [6.07, 6.45) is 0. The van der Waals surface area contributed by atoms with Crippen LogP contribution in [0, 0.1) is 19.7 Å². The van der Waals surface area contributed by atoms with Crippen LogP contribution in [0.3, 0.4) is 0 Å². The minimum atomic E-state index is -0.337. The molecular formula is C20H18ClFN4O. The Kier molecular flexibility index (Phi) is 5.66. The van der Waals surface area contributed by atoms with Crippen LogP contribution >= 0.6 is 11.6 Å². The zero-order valence-corrected chi connectivity index (χ0v) is 15.6. The monoisotopic (exact) mass is 384 g/mol. The molecule has 0 unspecified atom stereocenters. The van der Waals surface area contributed by atoms with Gasteiger partial charge in [0.05, 0.1) is 0 Å². The van der Waals surface area contributed by atoms with E-state index in [0.717, 1.165) is 16.8 Å². The van der Waals surface area contributed by atoms with E-state index in [0.29, 0.717) is 16.7 Å². The summed E-state index contributed by atoms with van der Waals surface area (Å²) in [6, 6.07) is 13.0. The van der Waals surface area contributed by atoms with Gasteiger partial charge in [-0.15, -0.1) is 0 Å². The highest BCUT2D eigenvalue weighted by atomic mass is 35.5. The van der Waals surface area contributed by atoms with Crippen molar-refractivity contribution >= 4 is 29.0 Å². The fourth-order valence-electron chi connectivity index (χ4n) is 2.50. The number of aromatic nitrogens is 2. The largest absolute Gasteiger partial charge is 0.347 e. The number of carbonyl (C=O) groups excluding carboxylic acids is 1. The number of halogens is 2. The van der Waals surface area contributed by atoms with Crippen LogP contribution in [0.25, 0.3) is 0 Å². The van der Waals surface area contributed by atoms with Gasteiger partial charge in [0.15, 0.2) is 0 Å². The molecule has 2 N–H and O–H groups in total. The third-order valence-corrected chi connectivity index (χ3v) is 4.38. The lowest BCUT2D eigenvalue weighted by Crippen LogP contribution is -2.24. The number of nitrogens with zero attached hydrogens (tertiary/aromatic N) is 2. The fourth-order valence-corrected chi connectivity index (χ4v) is 2.68. The number of rotatable bonds is 5. The maximum atomic E-state index is 13.0. The van der Waals surface area contributed by atoms with Gasteiger partial charge in [0.2, 0.25) is 0 Å². The maximum absolute atomic E-state index is 13.0. The quantitative estimate of drug-likeness (QED) is 0.676. The van der Waals surface area contributed by atoms with Crippen LogP contribution in [0.2, 0.25) is 5.02 Å². The van der Waals surface area contributed by atoms with E-state index in [-0.39, 0.29) is 24.0 Å². The number of carbonyl (C=O) groups is 1. The Balaban J connectivity index is 1.75. The molecule has 7 heteroatoms. The van der Waals surface area contributed by atoms with E-state index in [9.17, 15) is 9.18 Å². The lowest BCUT2D eigenvalue weighted by molar-refractivity contribution is 0.0945. The summed E-state index contributed by atoms with van der Waals surface area (Å²) in [5, 5.41) is 6.59. The molecule has 0 bridgehead atoms. The molecule has 0 radical (unpaired) electrons. The minimum Gasteiger partial charge on any atom is -0.347 e. The first kappa shape index (κ1) is 18.8. The Hall–Kier alpha value is -2.99. The van der Waals surface area contributed by atoms with Gasteiger partial charge < -0.3 is 10.6 Å². The molecule has 3 aromatic rings. The second kappa shape index (κ2) is 8.14. The van der Waals surface area contributed by atoms with E-state index in [4.69, 9.17) is 11.6 Å². The van der Waals surface area contributed by atoms with E-state index < -0.39 is 0 Å². The number of amides is 1. The van der Waals surface area contributed by atoms with Gasteiger partial charge in [0.1, 0.15) is 23.2 Å². The highest BCUT2D eigenvalue weighted by molar-refractivity contribution is 6.31. The molecule has 1 amide bonds. The number of hydrogen-bond donors (Lipinski definition) is 2. The number of benzene rings is 2. The van der Waals surface area contributed by atoms with Gasteiger partial charge >= 0.3 is 0 Å². The number of aryl methyl sites for hydroxylation is 1. The Morgan fingerprint density at radius 2 is 1.85 bits per heavy atom. The molecule has 5 nitrogen and oxygen atoms in total. The summed E-state index contributed by atoms with van der Waals surface area (Å²) in [6.45, 7) is 3.89. The predicted molar refractivity (Wildman–Crippen MR) is 104 cm³/mol. The van der Waals surface area contributed by atoms with Crippen LogP contribution in [0.5, 0.6) is 0 Å². The Morgan fingerprint density at radius 3 is 2.59 bits per heavy atom. The molecule has 1 aromatic heterocycles. The summed E-state index contributed by atoms with van der Waals surface area (Å²) in [4.78, 5) is 21.0. The number of anilines is 2. The van der Waals surface area contributed by atoms with E-state index in [1.54, 1.807) is 25.1 Å². The number of hydrogen-bond acceptors (Lipinski definition) is 4. The van der Waals surface area contributed by atoms with Crippen molar-refractivity contribution in [1.82, 2.24) is 15.3 Å². The number of nitrogens with one attached hydrogen (secondary N) is 2. The van der Waals surface area contributed by atoms with Crippen LogP contribution < -0.4 is 10.6 Å². The summed E-state index contributed by atoms with van der Waals surface area (Å²) in [5.41, 5.74) is 2.73. The lowest BCUT2D eigenvalue weighted by Gasteiger charge is -2.12. The summed E-state index contributed by atoms with van der Waals surface area (Å²) in [7, 11) is 0. The van der Waals surface area contributed by atoms with Crippen molar-refractivity contribution in [2.24, 2.45) is 0 Å². The SMILES string of the molecule is Cc1nc(Nc2cccc(Cl)c2C)cc(C(=O)NCc2ccc(F)cc2)n1. The second-order valence-electron chi connectivity index (χ2n) is 6.03. The van der Waals surface area contributed by atoms with Crippen molar-refractivity contribution in [1.29, 1.82) is 0 Å². The molecule has 1 heterocycles. The van der Waals surface area contributed by atoms with E-state index in [1.807, 2.05) is 25.1 Å². The van der Waals surface area contributed by atoms with Crippen molar-refractivity contribution < 1.29 is 9.18 Å². The third-order valence-electron chi connectivity index (χ3n) is 3.97. The van der Waals surface area contributed by atoms with Crippen molar-refractivity contribution in [3.63, 3.8) is 0 Å². The van der Waals surface area contributed by atoms with Gasteiger partial charge in [0, 0.05) is 23.3 Å². The van der Waals surface area contributed by atoms with Gasteiger partial charge in [-0.3, -0.25) is 4.79 Å². The van der Waals surface area contributed by atoms with Crippen LogP contribution in [0.1, 0.15) is 27.4 Å². The molecule has 2 aromatic carbocycles. The predicted octanol–water partition coefficient (Wildman–Crippen LogP) is 4.56. The van der Waals surface area contributed by atoms with Crippen LogP contribution in [0.4, 0.5) is 15.9 Å². The second-order valence-corrected chi connectivity index (χ2v) is 6.44. The van der Waals surface area contributed by atoms with Crippen LogP contribution in [0.15, 0.2) is 48.5 Å². The molecule has 138 valence electrons. The molecular weight excluding hydrogens is 367 g/mol. The van der Waals surface area contributed by atoms with Gasteiger partial charge in [-0.2, -0.15) is 0 Å². The average molecular weight is 385 g/mol. The molecule has 0 spiro atoms. The third kappa shape index (κ3) is 4.80. The summed E-state index contributed by atoms with van der Waals surface area (Å²) < 4.78 is 13.0. The molecule has 0 saturated heterocycles. The van der Waals surface area contributed by atoms with Gasteiger partial charge in [0.25, 0.3) is 5.91 Å². The van der Waals surface area contributed by atoms with Gasteiger partial charge in [-0.1, -0.05) is 29.8 Å². The Bertz CT molecular complexity index is 976. The first-order valence-electron chi connectivity index (χ1n) is 8.33. The highest BCUT2D eigenvalue weighted by Crippen LogP contribution is 2.25. The fraction of sp³-hybridized carbons (Fsp3) is 0.150. The normalized spacial score (nSPS) is 10.5. The van der Waals surface area contributed by atoms with Crippen molar-refractivity contribution in [2.45, 2.75) is 20.4 Å². The first-order chi connectivity index (χ1) is 12.9. The van der Waals surface area contributed by atoms with E-state index >= 15 is 0 Å². The molecule has 0 fully saturated rings. The molecule has 0 aliphatic carbocycles. The first-order valence-corrected chi connectivity index (χ1v) is 8.70. The molecule has 0 atom stereocenters. The van der Waals surface area contributed by atoms with Gasteiger partial charge in [-0.25, -0.2) is 14.4 Å². The molecule has 0 aliphatic rings. The topological polar surface area (TPSA) is 66.9 Å². The lowest BCUT2D eigenvalue weighted by atomic mass is 10.2. The van der Waals surface area contributed by atoms with E-state index in [1.165, 1.54) is 12.1 Å². The van der Waals surface area contributed by atoms with Crippen molar-refractivity contribution in [2.75, 3.05) is 5.32 Å². The van der Waals surface area contributed by atoms with Crippen molar-refractivity contribution in [3.05, 3.63) is 82.0 Å². The average Bonchev–Trinajstić information content (AvgIpc) is 2.64. The highest BCUT2D eigenvalue weighted by Gasteiger charge is 2.12. The van der Waals surface area contributed by atoms with Gasteiger partial charge in [-0.05, 0) is 49.2 Å². The summed E-state index contributed by atoms with van der Waals surface area (Å²) >= 11 is 6.14. The Morgan fingerprint density at radius 1 is 1.11 bits per heavy atom. The standard InChI is InChI=1S/C20H18ClFN4O/c1-12-16(21)4-3-5-17(12)26-19-10-18(24-13(2)25-19)20(27)23-11-14-6-8-15(22)9-7-14/h3-10H,11H2,1-2H3,(H,23,27)(H,24,25,26). The minimum absolute atomic E-state index is 0.242. The zero-order valence-electron chi connectivity index (χ0n) is 14.9. The molecule has 3 rings (SSSR count). The maximum Gasteiger partial charge on any atom is 0.270 e. The molecule has 27 heavy (non-hydrogen) atoms. The molecule has 0 saturated carbocycles. The smallest absolute Gasteiger partial charge is 0.270 e. The Labute approximate surface area is 161 Å². The zero-order chi connectivity index (χ0) is 19.4. The van der Waals surface area contributed by atoms with E-state index in [2.05, 4.69) is 20.6 Å². The van der Waals surface area contributed by atoms with Crippen molar-refractivity contribution in [3.8, 4) is 0 Å². The van der Waals surface area contributed by atoms with Crippen LogP contribution in [-0.2, 0) is 6.54 Å². The van der Waals surface area contributed by atoms with Crippen LogP contribution in [-0.4, -0.2) is 15.9 Å².